The van der Waals surface area contributed by atoms with Crippen molar-refractivity contribution in [2.75, 3.05) is 31.1 Å². The van der Waals surface area contributed by atoms with Crippen LogP contribution in [0.15, 0.2) is 0 Å². The lowest BCUT2D eigenvalue weighted by Crippen LogP contribution is -2.48. The van der Waals surface area contributed by atoms with Crippen molar-refractivity contribution < 1.29 is 13.2 Å². The predicted octanol–water partition coefficient (Wildman–Crippen LogP) is 1.22. The molecule has 2 saturated heterocycles. The van der Waals surface area contributed by atoms with Crippen molar-refractivity contribution in [2.24, 2.45) is 5.92 Å². The molecule has 0 aromatic carbocycles. The molecule has 0 aromatic rings. The summed E-state index contributed by atoms with van der Waals surface area (Å²) in [4.78, 5) is 14.6. The van der Waals surface area contributed by atoms with Gasteiger partial charge in [-0.1, -0.05) is 13.3 Å². The molecule has 2 fully saturated rings. The Morgan fingerprint density at radius 3 is 2.62 bits per heavy atom. The highest BCUT2D eigenvalue weighted by molar-refractivity contribution is 7.91. The molecule has 2 aliphatic rings. The van der Waals surface area contributed by atoms with Gasteiger partial charge < -0.3 is 10.2 Å². The van der Waals surface area contributed by atoms with Crippen LogP contribution in [0.3, 0.4) is 0 Å². The average Bonchev–Trinajstić information content (AvgIpc) is 2.80. The minimum Gasteiger partial charge on any atom is -0.338 e. The lowest BCUT2D eigenvalue weighted by molar-refractivity contribution is -0.138. The number of unbranched alkanes of at least 4 members (excludes halogenated alkanes) is 1. The van der Waals surface area contributed by atoms with E-state index in [0.29, 0.717) is 13.0 Å². The normalized spacial score (nSPS) is 27.9. The average molecular weight is 339 g/mol. The van der Waals surface area contributed by atoms with Gasteiger partial charge in [0.05, 0.1) is 17.4 Å². The first-order chi connectivity index (χ1) is 9.53. The fourth-order valence-electron chi connectivity index (χ4n) is 3.12. The smallest absolute Gasteiger partial charge is 0.227 e. The van der Waals surface area contributed by atoms with Crippen LogP contribution < -0.4 is 5.32 Å². The van der Waals surface area contributed by atoms with Crippen LogP contribution in [0, 0.1) is 5.92 Å². The Bertz CT molecular complexity index is 436. The largest absolute Gasteiger partial charge is 0.338 e. The Balaban J connectivity index is 0.00000220. The minimum atomic E-state index is -2.94. The zero-order valence-electron chi connectivity index (χ0n) is 12.7. The van der Waals surface area contributed by atoms with Gasteiger partial charge in [-0.05, 0) is 32.2 Å². The molecule has 0 spiro atoms. The third-order valence-corrected chi connectivity index (χ3v) is 6.08. The molecule has 2 unspecified atom stereocenters. The zero-order chi connectivity index (χ0) is 14.6. The van der Waals surface area contributed by atoms with Crippen LogP contribution >= 0.6 is 12.4 Å². The summed E-state index contributed by atoms with van der Waals surface area (Å²) in [6.07, 6.45) is 4.53. The van der Waals surface area contributed by atoms with Crippen molar-refractivity contribution in [3.05, 3.63) is 0 Å². The first-order valence-electron chi connectivity index (χ1n) is 7.75. The van der Waals surface area contributed by atoms with Crippen LogP contribution in [0.25, 0.3) is 0 Å². The molecule has 5 nitrogen and oxygen atoms in total. The molecular weight excluding hydrogens is 312 g/mol. The van der Waals surface area contributed by atoms with E-state index >= 15 is 0 Å². The number of rotatable bonds is 5. The summed E-state index contributed by atoms with van der Waals surface area (Å²) in [6.45, 7) is 4.51. The van der Waals surface area contributed by atoms with Gasteiger partial charge in [0.15, 0.2) is 9.84 Å². The number of amides is 1. The highest BCUT2D eigenvalue weighted by Crippen LogP contribution is 2.22. The van der Waals surface area contributed by atoms with Crippen molar-refractivity contribution in [3.8, 4) is 0 Å². The molecule has 0 aromatic heterocycles. The quantitative estimate of drug-likeness (QED) is 0.818. The van der Waals surface area contributed by atoms with Crippen LogP contribution in [0.2, 0.25) is 0 Å². The highest BCUT2D eigenvalue weighted by atomic mass is 35.5. The third-order valence-electron chi connectivity index (χ3n) is 4.33. The van der Waals surface area contributed by atoms with Crippen molar-refractivity contribution >= 4 is 28.2 Å². The van der Waals surface area contributed by atoms with Gasteiger partial charge in [0.2, 0.25) is 5.91 Å². The van der Waals surface area contributed by atoms with Crippen LogP contribution in [-0.2, 0) is 14.6 Å². The van der Waals surface area contributed by atoms with Gasteiger partial charge in [0.25, 0.3) is 0 Å². The van der Waals surface area contributed by atoms with E-state index in [0.717, 1.165) is 38.8 Å². The SMILES string of the molecule is CCCCN(C(=O)C1CCCNC1)C1CCS(=O)(=O)C1.Cl. The maximum Gasteiger partial charge on any atom is 0.227 e. The van der Waals surface area contributed by atoms with E-state index in [2.05, 4.69) is 12.2 Å². The van der Waals surface area contributed by atoms with Crippen molar-refractivity contribution in [1.29, 1.82) is 0 Å². The van der Waals surface area contributed by atoms with E-state index in [9.17, 15) is 13.2 Å². The van der Waals surface area contributed by atoms with Gasteiger partial charge in [-0.15, -0.1) is 12.4 Å². The van der Waals surface area contributed by atoms with Gasteiger partial charge in [0, 0.05) is 19.1 Å². The van der Waals surface area contributed by atoms with E-state index in [1.165, 1.54) is 0 Å². The summed E-state index contributed by atoms with van der Waals surface area (Å²) in [6, 6.07) is -0.0963. The maximum atomic E-state index is 12.7. The van der Waals surface area contributed by atoms with E-state index in [-0.39, 0.29) is 41.8 Å². The molecule has 2 aliphatic heterocycles. The van der Waals surface area contributed by atoms with Gasteiger partial charge >= 0.3 is 0 Å². The number of nitrogens with one attached hydrogen (secondary N) is 1. The summed E-state index contributed by atoms with van der Waals surface area (Å²) in [5.41, 5.74) is 0. The highest BCUT2D eigenvalue weighted by Gasteiger charge is 2.36. The first kappa shape index (κ1) is 18.7. The molecule has 7 heteroatoms. The second-order valence-corrected chi connectivity index (χ2v) is 8.21. The third kappa shape index (κ3) is 5.11. The molecule has 0 saturated carbocycles. The topological polar surface area (TPSA) is 66.5 Å². The fourth-order valence-corrected chi connectivity index (χ4v) is 4.85. The minimum absolute atomic E-state index is 0. The summed E-state index contributed by atoms with van der Waals surface area (Å²) >= 11 is 0. The number of sulfone groups is 1. The van der Waals surface area contributed by atoms with Gasteiger partial charge in [-0.2, -0.15) is 0 Å². The lowest BCUT2D eigenvalue weighted by atomic mass is 9.97. The van der Waals surface area contributed by atoms with Crippen LogP contribution in [0.4, 0.5) is 0 Å². The Kier molecular flexibility index (Phi) is 7.44. The Morgan fingerprint density at radius 1 is 1.33 bits per heavy atom. The monoisotopic (exact) mass is 338 g/mol. The summed E-state index contributed by atoms with van der Waals surface area (Å²) in [7, 11) is -2.94. The zero-order valence-corrected chi connectivity index (χ0v) is 14.3. The maximum absolute atomic E-state index is 12.7. The number of hydrogen-bond acceptors (Lipinski definition) is 4. The van der Waals surface area contributed by atoms with Crippen molar-refractivity contribution in [2.45, 2.75) is 45.1 Å². The molecule has 0 bridgehead atoms. The standard InChI is InChI=1S/C14H26N2O3S.ClH/c1-2-3-8-16(13-6-9-20(18,19)11-13)14(17)12-5-4-7-15-10-12;/h12-13,15H,2-11H2,1H3;1H. The number of carbonyl (C=O) groups is 1. The predicted molar refractivity (Wildman–Crippen MR) is 86.5 cm³/mol. The van der Waals surface area contributed by atoms with Crippen molar-refractivity contribution in [1.82, 2.24) is 10.2 Å². The molecule has 2 heterocycles. The van der Waals surface area contributed by atoms with Crippen molar-refractivity contribution in [3.63, 3.8) is 0 Å². The molecular formula is C14H27ClN2O3S. The Labute approximate surface area is 134 Å². The lowest BCUT2D eigenvalue weighted by Gasteiger charge is -2.33. The number of halogens is 1. The molecule has 2 atom stereocenters. The van der Waals surface area contributed by atoms with Crippen LogP contribution in [0.5, 0.6) is 0 Å². The van der Waals surface area contributed by atoms with Gasteiger partial charge in [0.1, 0.15) is 0 Å². The van der Waals surface area contributed by atoms with Crippen LogP contribution in [0.1, 0.15) is 39.0 Å². The first-order valence-corrected chi connectivity index (χ1v) is 9.57. The molecule has 0 aliphatic carbocycles. The van der Waals surface area contributed by atoms with Gasteiger partial charge in [-0.25, -0.2) is 8.42 Å². The molecule has 1 N–H and O–H groups in total. The van der Waals surface area contributed by atoms with Crippen LogP contribution in [-0.4, -0.2) is 56.4 Å². The molecule has 2 rings (SSSR count). The number of nitrogens with zero attached hydrogens (tertiary/aromatic N) is 1. The van der Waals surface area contributed by atoms with E-state index in [1.54, 1.807) is 0 Å². The van der Waals surface area contributed by atoms with E-state index in [4.69, 9.17) is 0 Å². The number of carbonyl (C=O) groups excluding carboxylic acids is 1. The van der Waals surface area contributed by atoms with E-state index < -0.39 is 9.84 Å². The fraction of sp³-hybridized carbons (Fsp3) is 0.929. The Hall–Kier alpha value is -0.330. The summed E-state index contributed by atoms with van der Waals surface area (Å²) in [5.74, 6) is 0.579. The molecule has 21 heavy (non-hydrogen) atoms. The summed E-state index contributed by atoms with van der Waals surface area (Å²) in [5, 5.41) is 3.27. The second-order valence-electron chi connectivity index (χ2n) is 5.99. The molecule has 0 radical (unpaired) electrons. The number of hydrogen-bond donors (Lipinski definition) is 1. The summed E-state index contributed by atoms with van der Waals surface area (Å²) < 4.78 is 23.3. The Morgan fingerprint density at radius 2 is 2.10 bits per heavy atom. The second kappa shape index (κ2) is 8.34. The number of piperidine rings is 1. The van der Waals surface area contributed by atoms with Gasteiger partial charge in [-0.3, -0.25) is 4.79 Å². The molecule has 124 valence electrons. The molecule has 1 amide bonds. The van der Waals surface area contributed by atoms with E-state index in [1.807, 2.05) is 4.90 Å².